The highest BCUT2D eigenvalue weighted by Gasteiger charge is 2.31. The lowest BCUT2D eigenvalue weighted by molar-refractivity contribution is -0.144. The van der Waals surface area contributed by atoms with Gasteiger partial charge in [0.25, 0.3) is 0 Å². The molecule has 5 amide bonds. The number of carboxylic acids is 2. The number of rotatable bonds is 17. The molecule has 0 spiro atoms. The van der Waals surface area contributed by atoms with Gasteiger partial charge in [-0.15, -0.1) is 0 Å². The van der Waals surface area contributed by atoms with Gasteiger partial charge in [0.15, 0.2) is 0 Å². The monoisotopic (exact) mass is 506 g/mol. The third-order valence-electron chi connectivity index (χ3n) is 4.31. The molecule has 0 saturated heterocycles. The number of thioether (sulfide) groups is 1. The number of hydrogen-bond acceptors (Lipinski definition) is 9. The molecule has 16 heteroatoms. The standard InChI is InChI=1S/C18H30N6O9S/c1-34-5-4-10(22-15(29)8(19)6-14(27)28)17(31)23-9(2-3-12(20)25)16(30)24-11(18(32)33)7-13(21)26/h8-11H,2-7,19H2,1H3,(H2,20,25)(H2,21,26)(H,22,29)(H,23,31)(H,24,30)(H,27,28)(H,32,33). The van der Waals surface area contributed by atoms with Crippen molar-refractivity contribution in [1.82, 2.24) is 16.0 Å². The van der Waals surface area contributed by atoms with E-state index in [0.717, 1.165) is 0 Å². The lowest BCUT2D eigenvalue weighted by atomic mass is 10.1. The summed E-state index contributed by atoms with van der Waals surface area (Å²) in [5, 5.41) is 24.6. The average molecular weight is 507 g/mol. The van der Waals surface area contributed by atoms with E-state index in [1.807, 2.05) is 0 Å². The summed E-state index contributed by atoms with van der Waals surface area (Å²) in [4.78, 5) is 81.9. The van der Waals surface area contributed by atoms with E-state index < -0.39 is 78.5 Å². The number of carbonyl (C=O) groups is 7. The van der Waals surface area contributed by atoms with Gasteiger partial charge in [0, 0.05) is 6.42 Å². The van der Waals surface area contributed by atoms with E-state index in [1.165, 1.54) is 11.8 Å². The molecule has 4 unspecified atom stereocenters. The SMILES string of the molecule is CSCCC(NC(=O)C(N)CC(=O)O)C(=O)NC(CCC(N)=O)C(=O)NC(CC(N)=O)C(=O)O. The van der Waals surface area contributed by atoms with Crippen molar-refractivity contribution in [3.8, 4) is 0 Å². The number of nitrogens with one attached hydrogen (secondary N) is 3. The van der Waals surface area contributed by atoms with Gasteiger partial charge >= 0.3 is 11.9 Å². The lowest BCUT2D eigenvalue weighted by Crippen LogP contribution is -2.57. The number of aliphatic carboxylic acids is 2. The van der Waals surface area contributed by atoms with Crippen LogP contribution in [0, 0.1) is 0 Å². The maximum atomic E-state index is 12.8. The number of amides is 5. The molecule has 0 fully saturated rings. The lowest BCUT2D eigenvalue weighted by Gasteiger charge is -2.24. The van der Waals surface area contributed by atoms with E-state index in [4.69, 9.17) is 27.4 Å². The smallest absolute Gasteiger partial charge is 0.326 e. The molecule has 15 nitrogen and oxygen atoms in total. The van der Waals surface area contributed by atoms with Crippen molar-refractivity contribution in [3.63, 3.8) is 0 Å². The Morgan fingerprint density at radius 2 is 1.26 bits per heavy atom. The average Bonchev–Trinajstić information content (AvgIpc) is 2.71. The van der Waals surface area contributed by atoms with E-state index in [0.29, 0.717) is 5.75 Å². The summed E-state index contributed by atoms with van der Waals surface area (Å²) in [6.07, 6.45) is -0.230. The van der Waals surface area contributed by atoms with Gasteiger partial charge in [-0.25, -0.2) is 4.79 Å². The minimum Gasteiger partial charge on any atom is -0.481 e. The quantitative estimate of drug-likeness (QED) is 0.0947. The topological polar surface area (TPSA) is 274 Å². The van der Waals surface area contributed by atoms with Crippen LogP contribution in [0.3, 0.4) is 0 Å². The fourth-order valence-corrected chi connectivity index (χ4v) is 3.04. The highest BCUT2D eigenvalue weighted by atomic mass is 32.2. The zero-order valence-corrected chi connectivity index (χ0v) is 19.3. The van der Waals surface area contributed by atoms with Crippen LogP contribution >= 0.6 is 11.8 Å². The van der Waals surface area contributed by atoms with Crippen LogP contribution in [-0.2, 0) is 33.6 Å². The first-order chi connectivity index (χ1) is 15.8. The summed E-state index contributed by atoms with van der Waals surface area (Å²) in [7, 11) is 0. The fourth-order valence-electron chi connectivity index (χ4n) is 2.57. The van der Waals surface area contributed by atoms with Crippen molar-refractivity contribution < 1.29 is 43.8 Å². The summed E-state index contributed by atoms with van der Waals surface area (Å²) in [6.45, 7) is 0. The maximum absolute atomic E-state index is 12.8. The van der Waals surface area contributed by atoms with Crippen molar-refractivity contribution in [2.75, 3.05) is 12.0 Å². The molecule has 34 heavy (non-hydrogen) atoms. The zero-order valence-electron chi connectivity index (χ0n) is 18.4. The van der Waals surface area contributed by atoms with E-state index in [2.05, 4.69) is 16.0 Å². The Labute approximate surface area is 198 Å². The molecule has 0 aromatic carbocycles. The summed E-state index contributed by atoms with van der Waals surface area (Å²) < 4.78 is 0. The molecule has 0 heterocycles. The molecular weight excluding hydrogens is 476 g/mol. The van der Waals surface area contributed by atoms with Gasteiger partial charge in [-0.05, 0) is 24.9 Å². The Morgan fingerprint density at radius 1 is 0.765 bits per heavy atom. The molecule has 4 atom stereocenters. The molecule has 0 saturated carbocycles. The number of carboxylic acid groups (broad SMARTS) is 2. The van der Waals surface area contributed by atoms with E-state index in [9.17, 15) is 33.6 Å². The van der Waals surface area contributed by atoms with Gasteiger partial charge in [-0.1, -0.05) is 0 Å². The molecule has 192 valence electrons. The molecule has 0 aromatic heterocycles. The largest absolute Gasteiger partial charge is 0.481 e. The number of primary amides is 2. The summed E-state index contributed by atoms with van der Waals surface area (Å²) >= 11 is 1.34. The van der Waals surface area contributed by atoms with E-state index in [-0.39, 0.29) is 19.3 Å². The van der Waals surface area contributed by atoms with Crippen LogP contribution in [-0.4, -0.2) is 87.9 Å². The van der Waals surface area contributed by atoms with Gasteiger partial charge in [0.1, 0.15) is 18.1 Å². The van der Waals surface area contributed by atoms with Gasteiger partial charge in [0.2, 0.25) is 29.5 Å². The minimum atomic E-state index is -1.68. The first-order valence-corrected chi connectivity index (χ1v) is 11.3. The third kappa shape index (κ3) is 12.6. The Kier molecular flexibility index (Phi) is 13.9. The van der Waals surface area contributed by atoms with E-state index >= 15 is 0 Å². The Bertz CT molecular complexity index is 794. The van der Waals surface area contributed by atoms with E-state index in [1.54, 1.807) is 6.26 Å². The van der Waals surface area contributed by atoms with Gasteiger partial charge < -0.3 is 43.4 Å². The van der Waals surface area contributed by atoms with Crippen LogP contribution in [0.4, 0.5) is 0 Å². The van der Waals surface area contributed by atoms with Crippen LogP contribution in [0.2, 0.25) is 0 Å². The molecule has 0 aromatic rings. The van der Waals surface area contributed by atoms with Crippen LogP contribution < -0.4 is 33.2 Å². The van der Waals surface area contributed by atoms with Crippen molar-refractivity contribution in [2.24, 2.45) is 17.2 Å². The van der Waals surface area contributed by atoms with Gasteiger partial charge in [0.05, 0.1) is 18.9 Å². The number of carbonyl (C=O) groups excluding carboxylic acids is 5. The molecule has 0 aliphatic heterocycles. The number of hydrogen-bond donors (Lipinski definition) is 8. The maximum Gasteiger partial charge on any atom is 0.326 e. The summed E-state index contributed by atoms with van der Waals surface area (Å²) in [5.74, 6) is -7.07. The molecule has 0 radical (unpaired) electrons. The van der Waals surface area contributed by atoms with Crippen molar-refractivity contribution in [1.29, 1.82) is 0 Å². The summed E-state index contributed by atoms with van der Waals surface area (Å²) in [6, 6.07) is -5.78. The first kappa shape index (κ1) is 30.6. The highest BCUT2D eigenvalue weighted by molar-refractivity contribution is 7.98. The minimum absolute atomic E-state index is 0.0854. The molecule has 0 rings (SSSR count). The normalized spacial score (nSPS) is 14.1. The molecule has 11 N–H and O–H groups in total. The predicted octanol–water partition coefficient (Wildman–Crippen LogP) is -3.78. The van der Waals surface area contributed by atoms with Crippen LogP contribution in [0.5, 0.6) is 0 Å². The first-order valence-electron chi connectivity index (χ1n) is 9.95. The van der Waals surface area contributed by atoms with Gasteiger partial charge in [-0.3, -0.25) is 28.8 Å². The van der Waals surface area contributed by atoms with Crippen LogP contribution in [0.1, 0.15) is 32.1 Å². The predicted molar refractivity (Wildman–Crippen MR) is 119 cm³/mol. The Hall–Kier alpha value is -3.40. The second kappa shape index (κ2) is 15.4. The van der Waals surface area contributed by atoms with Crippen molar-refractivity contribution in [2.45, 2.75) is 56.3 Å². The molecular formula is C18H30N6O9S. The van der Waals surface area contributed by atoms with Gasteiger partial charge in [-0.2, -0.15) is 11.8 Å². The van der Waals surface area contributed by atoms with Crippen molar-refractivity contribution >= 4 is 53.2 Å². The second-order valence-corrected chi connectivity index (χ2v) is 8.17. The fraction of sp³-hybridized carbons (Fsp3) is 0.611. The Morgan fingerprint density at radius 3 is 1.71 bits per heavy atom. The second-order valence-electron chi connectivity index (χ2n) is 7.18. The zero-order chi connectivity index (χ0) is 26.4. The molecule has 0 bridgehead atoms. The molecule has 0 aliphatic rings. The molecule has 0 aliphatic carbocycles. The van der Waals surface area contributed by atoms with Crippen molar-refractivity contribution in [3.05, 3.63) is 0 Å². The Balaban J connectivity index is 5.56. The highest BCUT2D eigenvalue weighted by Crippen LogP contribution is 2.06. The van der Waals surface area contributed by atoms with Crippen LogP contribution in [0.15, 0.2) is 0 Å². The third-order valence-corrected chi connectivity index (χ3v) is 4.95. The van der Waals surface area contributed by atoms with Crippen LogP contribution in [0.25, 0.3) is 0 Å². The summed E-state index contributed by atoms with van der Waals surface area (Å²) in [5.41, 5.74) is 15.6. The number of nitrogens with two attached hydrogens (primary N) is 3.